The van der Waals surface area contributed by atoms with Gasteiger partial charge in [-0.05, 0) is 18.8 Å². The van der Waals surface area contributed by atoms with Crippen molar-refractivity contribution in [1.82, 2.24) is 0 Å². The Balaban J connectivity index is 4.45. The van der Waals surface area contributed by atoms with E-state index in [1.54, 1.807) is 13.8 Å². The molecule has 0 saturated heterocycles. The van der Waals surface area contributed by atoms with Crippen LogP contribution in [0.2, 0.25) is 0 Å². The fraction of sp³-hybridized carbons (Fsp3) is 0.875. The molecule has 0 aliphatic rings. The van der Waals surface area contributed by atoms with Crippen LogP contribution in [0.25, 0.3) is 0 Å². The number of hydrogen-bond donors (Lipinski definition) is 1. The highest BCUT2D eigenvalue weighted by Crippen LogP contribution is 2.27. The molecular formula is C8H16FNO. The standard InChI is InChI=1S/C8H16FNO/c1-4-6(3)8(9,5-2)7(10)11/h6H,4-5H2,1-3H3,(H2,10,11). The highest BCUT2D eigenvalue weighted by molar-refractivity contribution is 5.83. The molecule has 1 amide bonds. The molecule has 0 aromatic rings. The van der Waals surface area contributed by atoms with Crippen molar-refractivity contribution in [3.8, 4) is 0 Å². The molecule has 0 fully saturated rings. The number of nitrogens with two attached hydrogens (primary N) is 1. The molecule has 3 heteroatoms. The molecule has 0 bridgehead atoms. The molecule has 2 nitrogen and oxygen atoms in total. The van der Waals surface area contributed by atoms with Crippen LogP contribution in [-0.2, 0) is 4.79 Å². The molecular weight excluding hydrogens is 145 g/mol. The van der Waals surface area contributed by atoms with Crippen LogP contribution in [0.1, 0.15) is 33.6 Å². The predicted molar refractivity (Wildman–Crippen MR) is 42.8 cm³/mol. The Morgan fingerprint density at radius 1 is 1.64 bits per heavy atom. The Morgan fingerprint density at radius 3 is 2.18 bits per heavy atom. The summed E-state index contributed by atoms with van der Waals surface area (Å²) >= 11 is 0. The van der Waals surface area contributed by atoms with Crippen molar-refractivity contribution in [3.63, 3.8) is 0 Å². The molecule has 2 atom stereocenters. The molecule has 0 heterocycles. The third-order valence-corrected chi connectivity index (χ3v) is 2.32. The lowest BCUT2D eigenvalue weighted by Gasteiger charge is -2.25. The second-order valence-electron chi connectivity index (χ2n) is 2.89. The van der Waals surface area contributed by atoms with E-state index in [-0.39, 0.29) is 12.3 Å². The van der Waals surface area contributed by atoms with E-state index in [1.165, 1.54) is 0 Å². The molecule has 66 valence electrons. The lowest BCUT2D eigenvalue weighted by atomic mass is 9.86. The summed E-state index contributed by atoms with van der Waals surface area (Å²) < 4.78 is 13.6. The largest absolute Gasteiger partial charge is 0.367 e. The zero-order chi connectivity index (χ0) is 9.07. The van der Waals surface area contributed by atoms with Crippen LogP contribution >= 0.6 is 0 Å². The summed E-state index contributed by atoms with van der Waals surface area (Å²) in [6, 6.07) is 0. The summed E-state index contributed by atoms with van der Waals surface area (Å²) in [7, 11) is 0. The third kappa shape index (κ3) is 1.91. The van der Waals surface area contributed by atoms with Crippen molar-refractivity contribution in [3.05, 3.63) is 0 Å². The quantitative estimate of drug-likeness (QED) is 0.669. The van der Waals surface area contributed by atoms with Gasteiger partial charge < -0.3 is 5.73 Å². The Hall–Kier alpha value is -0.600. The van der Waals surface area contributed by atoms with Crippen LogP contribution in [0.15, 0.2) is 0 Å². The highest BCUT2D eigenvalue weighted by Gasteiger charge is 2.39. The van der Waals surface area contributed by atoms with Crippen LogP contribution in [0.3, 0.4) is 0 Å². The van der Waals surface area contributed by atoms with Crippen LogP contribution in [0.5, 0.6) is 0 Å². The Labute approximate surface area is 67.0 Å². The van der Waals surface area contributed by atoms with Crippen LogP contribution in [0, 0.1) is 5.92 Å². The third-order valence-electron chi connectivity index (χ3n) is 2.32. The van der Waals surface area contributed by atoms with Gasteiger partial charge in [0.05, 0.1) is 0 Å². The number of alkyl halides is 1. The maximum absolute atomic E-state index is 13.6. The fourth-order valence-corrected chi connectivity index (χ4v) is 1.09. The summed E-state index contributed by atoms with van der Waals surface area (Å²) in [5.74, 6) is -1.13. The van der Waals surface area contributed by atoms with Gasteiger partial charge in [0, 0.05) is 0 Å². The van der Waals surface area contributed by atoms with E-state index in [2.05, 4.69) is 0 Å². The molecule has 2 unspecified atom stereocenters. The number of rotatable bonds is 4. The summed E-state index contributed by atoms with van der Waals surface area (Å²) in [5, 5.41) is 0. The molecule has 11 heavy (non-hydrogen) atoms. The van der Waals surface area contributed by atoms with Crippen molar-refractivity contribution in [1.29, 1.82) is 0 Å². The lowest BCUT2D eigenvalue weighted by molar-refractivity contribution is -0.133. The lowest BCUT2D eigenvalue weighted by Crippen LogP contribution is -2.44. The minimum absolute atomic E-state index is 0.164. The number of amides is 1. The van der Waals surface area contributed by atoms with Gasteiger partial charge in [0.15, 0.2) is 5.67 Å². The average molecular weight is 161 g/mol. The van der Waals surface area contributed by atoms with Gasteiger partial charge in [0.1, 0.15) is 0 Å². The van der Waals surface area contributed by atoms with Crippen molar-refractivity contribution >= 4 is 5.91 Å². The Morgan fingerprint density at radius 2 is 2.09 bits per heavy atom. The first kappa shape index (κ1) is 10.4. The van der Waals surface area contributed by atoms with Crippen LogP contribution < -0.4 is 5.73 Å². The Kier molecular flexibility index (Phi) is 3.49. The predicted octanol–water partition coefficient (Wildman–Crippen LogP) is 1.64. The number of halogens is 1. The topological polar surface area (TPSA) is 43.1 Å². The zero-order valence-electron chi connectivity index (χ0n) is 7.36. The maximum atomic E-state index is 13.6. The van der Waals surface area contributed by atoms with Crippen LogP contribution in [0.4, 0.5) is 4.39 Å². The molecule has 0 rings (SSSR count). The molecule has 0 aromatic heterocycles. The zero-order valence-corrected chi connectivity index (χ0v) is 7.36. The van der Waals surface area contributed by atoms with Crippen molar-refractivity contribution < 1.29 is 9.18 Å². The molecule has 0 saturated carbocycles. The van der Waals surface area contributed by atoms with E-state index in [9.17, 15) is 9.18 Å². The normalized spacial score (nSPS) is 18.9. The number of carbonyl (C=O) groups excluding carboxylic acids is 1. The smallest absolute Gasteiger partial charge is 0.255 e. The number of hydrogen-bond acceptors (Lipinski definition) is 1. The van der Waals surface area contributed by atoms with E-state index < -0.39 is 11.6 Å². The monoisotopic (exact) mass is 161 g/mol. The minimum atomic E-state index is -1.81. The second-order valence-corrected chi connectivity index (χ2v) is 2.89. The van der Waals surface area contributed by atoms with Gasteiger partial charge in [-0.2, -0.15) is 0 Å². The van der Waals surface area contributed by atoms with Gasteiger partial charge in [-0.3, -0.25) is 4.79 Å². The summed E-state index contributed by atoms with van der Waals surface area (Å²) in [5.41, 5.74) is 3.13. The van der Waals surface area contributed by atoms with Crippen molar-refractivity contribution in [2.45, 2.75) is 39.3 Å². The molecule has 2 N–H and O–H groups in total. The first-order valence-corrected chi connectivity index (χ1v) is 3.97. The van der Waals surface area contributed by atoms with Crippen LogP contribution in [-0.4, -0.2) is 11.6 Å². The first-order valence-electron chi connectivity index (χ1n) is 3.97. The van der Waals surface area contributed by atoms with E-state index in [0.29, 0.717) is 6.42 Å². The SMILES string of the molecule is CCC(C)C(F)(CC)C(N)=O. The summed E-state index contributed by atoms with van der Waals surface area (Å²) in [4.78, 5) is 10.7. The van der Waals surface area contributed by atoms with E-state index in [0.717, 1.165) is 0 Å². The molecule has 0 aromatic carbocycles. The first-order chi connectivity index (χ1) is 4.99. The van der Waals surface area contributed by atoms with E-state index in [4.69, 9.17) is 5.73 Å². The van der Waals surface area contributed by atoms with Gasteiger partial charge in [-0.25, -0.2) is 4.39 Å². The van der Waals surface area contributed by atoms with Gasteiger partial charge in [-0.15, -0.1) is 0 Å². The van der Waals surface area contributed by atoms with Gasteiger partial charge >= 0.3 is 0 Å². The number of primary amides is 1. The van der Waals surface area contributed by atoms with Crippen molar-refractivity contribution in [2.24, 2.45) is 11.7 Å². The average Bonchev–Trinajstić information content (AvgIpc) is 2.01. The highest BCUT2D eigenvalue weighted by atomic mass is 19.1. The van der Waals surface area contributed by atoms with Gasteiger partial charge in [0.25, 0.3) is 5.91 Å². The summed E-state index contributed by atoms with van der Waals surface area (Å²) in [6.45, 7) is 5.18. The van der Waals surface area contributed by atoms with Gasteiger partial charge in [-0.1, -0.05) is 20.8 Å². The fourth-order valence-electron chi connectivity index (χ4n) is 1.09. The van der Waals surface area contributed by atoms with E-state index >= 15 is 0 Å². The molecule has 0 aliphatic heterocycles. The number of carbonyl (C=O) groups is 1. The Bertz CT molecular complexity index is 149. The molecule has 0 radical (unpaired) electrons. The molecule has 0 aliphatic carbocycles. The maximum Gasteiger partial charge on any atom is 0.255 e. The van der Waals surface area contributed by atoms with Crippen molar-refractivity contribution in [2.75, 3.05) is 0 Å². The second kappa shape index (κ2) is 3.69. The minimum Gasteiger partial charge on any atom is -0.367 e. The molecule has 0 spiro atoms. The van der Waals surface area contributed by atoms with Gasteiger partial charge in [0.2, 0.25) is 0 Å². The van der Waals surface area contributed by atoms with E-state index in [1.807, 2.05) is 6.92 Å². The summed E-state index contributed by atoms with van der Waals surface area (Å²) in [6.07, 6.45) is 0.796.